The summed E-state index contributed by atoms with van der Waals surface area (Å²) in [5.41, 5.74) is 1.01. The van der Waals surface area contributed by atoms with Gasteiger partial charge in [0.1, 0.15) is 11.9 Å². The lowest BCUT2D eigenvalue weighted by atomic mass is 9.97. The molecule has 2 amide bonds. The summed E-state index contributed by atoms with van der Waals surface area (Å²) in [7, 11) is 3.95. The summed E-state index contributed by atoms with van der Waals surface area (Å²) >= 11 is 0. The molecule has 0 saturated carbocycles. The van der Waals surface area contributed by atoms with Crippen molar-refractivity contribution in [3.63, 3.8) is 0 Å². The predicted octanol–water partition coefficient (Wildman–Crippen LogP) is 1.60. The molecule has 0 bridgehead atoms. The van der Waals surface area contributed by atoms with Gasteiger partial charge in [0, 0.05) is 19.3 Å². The Morgan fingerprint density at radius 1 is 1.37 bits per heavy atom. The number of hydrogen-bond acceptors (Lipinski definition) is 6. The first-order chi connectivity index (χ1) is 14.4. The number of carbonyl (C=O) groups is 1. The Kier molecular flexibility index (Phi) is 7.72. The molecule has 10 heteroatoms. The molecule has 1 saturated heterocycles. The van der Waals surface area contributed by atoms with Crippen LogP contribution in [-0.2, 0) is 17.8 Å². The summed E-state index contributed by atoms with van der Waals surface area (Å²) < 4.78 is 21.5. The van der Waals surface area contributed by atoms with E-state index in [2.05, 4.69) is 20.9 Å². The molecule has 2 heterocycles. The molecule has 1 aromatic heterocycles. The van der Waals surface area contributed by atoms with Crippen LogP contribution in [0.15, 0.2) is 30.5 Å². The molecule has 3 rings (SSSR count). The SMILES string of the molecule is CN(C)Cc1cn(CC[C@H]2CC[C@@H](NC(=O)Nc3ccccc3F)[C@H](CO)O2)nn1. The Balaban J connectivity index is 1.46. The fourth-order valence-corrected chi connectivity index (χ4v) is 3.52. The monoisotopic (exact) mass is 420 g/mol. The summed E-state index contributed by atoms with van der Waals surface area (Å²) in [4.78, 5) is 14.2. The third-order valence-corrected chi connectivity index (χ3v) is 4.98. The second-order valence-electron chi connectivity index (χ2n) is 7.74. The minimum Gasteiger partial charge on any atom is -0.394 e. The van der Waals surface area contributed by atoms with Crippen molar-refractivity contribution >= 4 is 11.7 Å². The molecule has 3 N–H and O–H groups in total. The van der Waals surface area contributed by atoms with E-state index in [0.29, 0.717) is 13.0 Å². The van der Waals surface area contributed by atoms with E-state index in [4.69, 9.17) is 4.74 Å². The number of amides is 2. The molecule has 3 atom stereocenters. The van der Waals surface area contributed by atoms with Crippen LogP contribution >= 0.6 is 0 Å². The number of aliphatic hydroxyl groups is 1. The standard InChI is InChI=1S/C20H29FN6O3/c1-26(2)11-14-12-27(25-24-14)10-9-15-7-8-18(19(13-28)30-15)23-20(29)22-17-6-4-3-5-16(17)21/h3-6,12,15,18-19,28H,7-11,13H2,1-2H3,(H2,22,23,29)/t15-,18-,19+/m1/s1. The van der Waals surface area contributed by atoms with Crippen LogP contribution in [-0.4, -0.2) is 70.0 Å². The molecule has 9 nitrogen and oxygen atoms in total. The molecule has 0 unspecified atom stereocenters. The molecule has 1 aliphatic rings. The zero-order valence-electron chi connectivity index (χ0n) is 17.3. The quantitative estimate of drug-likeness (QED) is 0.599. The first kappa shape index (κ1) is 22.1. The third-order valence-electron chi connectivity index (χ3n) is 4.98. The number of hydrogen-bond donors (Lipinski definition) is 3. The van der Waals surface area contributed by atoms with Gasteiger partial charge in [0.15, 0.2) is 0 Å². The molecule has 1 aliphatic heterocycles. The number of nitrogens with one attached hydrogen (secondary N) is 2. The van der Waals surface area contributed by atoms with Gasteiger partial charge >= 0.3 is 6.03 Å². The zero-order chi connectivity index (χ0) is 21.5. The van der Waals surface area contributed by atoms with E-state index in [1.807, 2.05) is 25.2 Å². The highest BCUT2D eigenvalue weighted by Crippen LogP contribution is 2.23. The molecule has 2 aromatic rings. The Morgan fingerprint density at radius 3 is 2.90 bits per heavy atom. The van der Waals surface area contributed by atoms with Gasteiger partial charge in [-0.25, -0.2) is 9.18 Å². The molecular formula is C20H29FN6O3. The number of halogens is 1. The Morgan fingerprint density at radius 2 is 2.17 bits per heavy atom. The second kappa shape index (κ2) is 10.5. The van der Waals surface area contributed by atoms with Gasteiger partial charge in [-0.3, -0.25) is 4.68 Å². The lowest BCUT2D eigenvalue weighted by molar-refractivity contribution is -0.0905. The van der Waals surface area contributed by atoms with Gasteiger partial charge in [-0.2, -0.15) is 0 Å². The number of anilines is 1. The number of para-hydroxylation sites is 1. The van der Waals surface area contributed by atoms with Gasteiger partial charge in [-0.05, 0) is 45.5 Å². The Hall–Kier alpha value is -2.56. The lowest BCUT2D eigenvalue weighted by Crippen LogP contribution is -2.52. The minimum absolute atomic E-state index is 0.0451. The number of aryl methyl sites for hydroxylation is 1. The van der Waals surface area contributed by atoms with E-state index < -0.39 is 18.0 Å². The third kappa shape index (κ3) is 6.22. The van der Waals surface area contributed by atoms with Crippen molar-refractivity contribution in [3.8, 4) is 0 Å². The maximum absolute atomic E-state index is 13.7. The fraction of sp³-hybridized carbons (Fsp3) is 0.550. The lowest BCUT2D eigenvalue weighted by Gasteiger charge is -2.36. The number of aromatic nitrogens is 3. The minimum atomic E-state index is -0.526. The van der Waals surface area contributed by atoms with Crippen LogP contribution < -0.4 is 10.6 Å². The molecule has 0 aliphatic carbocycles. The zero-order valence-corrected chi connectivity index (χ0v) is 17.3. The van der Waals surface area contributed by atoms with Crippen molar-refractivity contribution in [1.82, 2.24) is 25.2 Å². The van der Waals surface area contributed by atoms with Crippen molar-refractivity contribution in [2.24, 2.45) is 0 Å². The number of ether oxygens (including phenoxy) is 1. The number of nitrogens with zero attached hydrogens (tertiary/aromatic N) is 4. The summed E-state index contributed by atoms with van der Waals surface area (Å²) in [6.07, 6.45) is 3.48. The van der Waals surface area contributed by atoms with Gasteiger partial charge < -0.3 is 25.4 Å². The van der Waals surface area contributed by atoms with Crippen LogP contribution in [0.5, 0.6) is 0 Å². The number of rotatable bonds is 8. The van der Waals surface area contributed by atoms with Crippen molar-refractivity contribution in [3.05, 3.63) is 42.0 Å². The van der Waals surface area contributed by atoms with E-state index in [9.17, 15) is 14.3 Å². The van der Waals surface area contributed by atoms with Crippen molar-refractivity contribution in [1.29, 1.82) is 0 Å². The second-order valence-corrected chi connectivity index (χ2v) is 7.74. The number of carbonyl (C=O) groups excluding carboxylic acids is 1. The van der Waals surface area contributed by atoms with Crippen LogP contribution in [0.1, 0.15) is 25.0 Å². The van der Waals surface area contributed by atoms with Crippen LogP contribution in [0.4, 0.5) is 14.9 Å². The van der Waals surface area contributed by atoms with Crippen LogP contribution in [0.2, 0.25) is 0 Å². The van der Waals surface area contributed by atoms with Gasteiger partial charge in [-0.1, -0.05) is 17.3 Å². The summed E-state index contributed by atoms with van der Waals surface area (Å²) in [6.45, 7) is 1.18. The Bertz CT molecular complexity index is 830. The van der Waals surface area contributed by atoms with E-state index in [0.717, 1.165) is 25.1 Å². The van der Waals surface area contributed by atoms with Gasteiger partial charge in [-0.15, -0.1) is 5.10 Å². The Labute approximate surface area is 175 Å². The maximum atomic E-state index is 13.7. The number of benzene rings is 1. The van der Waals surface area contributed by atoms with Crippen LogP contribution in [0, 0.1) is 5.82 Å². The van der Waals surface area contributed by atoms with Gasteiger partial charge in [0.05, 0.1) is 30.1 Å². The van der Waals surface area contributed by atoms with Crippen molar-refractivity contribution < 1.29 is 19.0 Å². The summed E-state index contributed by atoms with van der Waals surface area (Å²) in [6, 6.07) is 5.08. The first-order valence-electron chi connectivity index (χ1n) is 10.1. The van der Waals surface area contributed by atoms with E-state index in [1.165, 1.54) is 12.1 Å². The van der Waals surface area contributed by atoms with Crippen LogP contribution in [0.25, 0.3) is 0 Å². The number of aliphatic hydroxyl groups excluding tert-OH is 1. The molecule has 164 valence electrons. The van der Waals surface area contributed by atoms with Crippen LogP contribution in [0.3, 0.4) is 0 Å². The highest BCUT2D eigenvalue weighted by Gasteiger charge is 2.32. The fourth-order valence-electron chi connectivity index (χ4n) is 3.52. The van der Waals surface area contributed by atoms with E-state index in [-0.39, 0.29) is 24.4 Å². The highest BCUT2D eigenvalue weighted by atomic mass is 19.1. The highest BCUT2D eigenvalue weighted by molar-refractivity contribution is 5.89. The first-order valence-corrected chi connectivity index (χ1v) is 10.1. The largest absolute Gasteiger partial charge is 0.394 e. The topological polar surface area (TPSA) is 105 Å². The molecule has 30 heavy (non-hydrogen) atoms. The van der Waals surface area contributed by atoms with E-state index in [1.54, 1.807) is 16.8 Å². The molecular weight excluding hydrogens is 391 g/mol. The maximum Gasteiger partial charge on any atom is 0.319 e. The predicted molar refractivity (Wildman–Crippen MR) is 109 cm³/mol. The molecule has 1 aromatic carbocycles. The van der Waals surface area contributed by atoms with E-state index >= 15 is 0 Å². The summed E-state index contributed by atoms with van der Waals surface area (Å²) in [5.74, 6) is -0.506. The molecule has 0 spiro atoms. The average Bonchev–Trinajstić information content (AvgIpc) is 3.15. The van der Waals surface area contributed by atoms with Crippen molar-refractivity contribution in [2.45, 2.75) is 50.6 Å². The van der Waals surface area contributed by atoms with Crippen molar-refractivity contribution in [2.75, 3.05) is 26.0 Å². The molecule has 0 radical (unpaired) electrons. The normalized spacial score (nSPS) is 21.6. The molecule has 1 fully saturated rings. The summed E-state index contributed by atoms with van der Waals surface area (Å²) in [5, 5.41) is 23.3. The smallest absolute Gasteiger partial charge is 0.319 e. The average molecular weight is 420 g/mol. The van der Waals surface area contributed by atoms with Gasteiger partial charge in [0.25, 0.3) is 0 Å². The number of urea groups is 1. The van der Waals surface area contributed by atoms with Gasteiger partial charge in [0.2, 0.25) is 0 Å².